The zero-order chi connectivity index (χ0) is 30.3. The molecule has 0 radical (unpaired) electrons. The number of carbonyl (C=O) groups excluding carboxylic acids is 1. The molecule has 14 heteroatoms. The van der Waals surface area contributed by atoms with Gasteiger partial charge in [0.15, 0.2) is 0 Å². The van der Waals surface area contributed by atoms with Crippen molar-refractivity contribution in [1.29, 1.82) is 0 Å². The molecule has 0 bridgehead atoms. The summed E-state index contributed by atoms with van der Waals surface area (Å²) in [5.41, 5.74) is 0.990. The van der Waals surface area contributed by atoms with Crippen molar-refractivity contribution in [2.24, 2.45) is 0 Å². The third-order valence-corrected chi connectivity index (χ3v) is 8.13. The quantitative estimate of drug-likeness (QED) is 0.244. The molecule has 3 heterocycles. The lowest BCUT2D eigenvalue weighted by molar-refractivity contribution is 0.0529. The number of piperazine rings is 1. The number of halogens is 1. The first-order chi connectivity index (χ1) is 19.9. The Kier molecular flexibility index (Phi) is 10.4. The molecule has 4 rings (SSSR count). The minimum Gasteiger partial charge on any atom is -0.444 e. The Bertz CT molecular complexity index is 1460. The number of hydrogen-bond acceptors (Lipinski definition) is 10. The van der Waals surface area contributed by atoms with Gasteiger partial charge < -0.3 is 24.8 Å². The number of alkyl carbamates (subject to hydrolysis) is 1. The van der Waals surface area contributed by atoms with Crippen LogP contribution >= 0.6 is 11.6 Å². The monoisotopic (exact) mass is 618 g/mol. The molecule has 0 saturated carbocycles. The summed E-state index contributed by atoms with van der Waals surface area (Å²) in [5.74, 6) is 0.964. The average molecular weight is 619 g/mol. The van der Waals surface area contributed by atoms with Crippen LogP contribution in [-0.2, 0) is 21.3 Å². The van der Waals surface area contributed by atoms with Gasteiger partial charge in [0.25, 0.3) is 0 Å². The number of anilines is 2. The van der Waals surface area contributed by atoms with Crippen LogP contribution in [0.4, 0.5) is 16.6 Å². The van der Waals surface area contributed by atoms with Gasteiger partial charge in [-0.3, -0.25) is 0 Å². The predicted octanol–water partition coefficient (Wildman–Crippen LogP) is 2.88. The molecular weight excluding hydrogens is 580 g/mol. The van der Waals surface area contributed by atoms with E-state index in [0.717, 1.165) is 31.7 Å². The lowest BCUT2D eigenvalue weighted by atomic mass is 10.2. The topological polar surface area (TPSA) is 133 Å². The first-order valence-electron chi connectivity index (χ1n) is 13.9. The second-order valence-corrected chi connectivity index (χ2v) is 13.5. The Morgan fingerprint density at radius 3 is 2.50 bits per heavy atom. The molecular formula is C28H39ClN8O4S. The summed E-state index contributed by atoms with van der Waals surface area (Å²) < 4.78 is 33.7. The van der Waals surface area contributed by atoms with Gasteiger partial charge in [0.1, 0.15) is 16.6 Å². The van der Waals surface area contributed by atoms with Crippen LogP contribution in [0.2, 0.25) is 5.15 Å². The Balaban J connectivity index is 1.55. The molecule has 0 unspecified atom stereocenters. The van der Waals surface area contributed by atoms with E-state index in [1.54, 1.807) is 33.0 Å². The number of carbonyl (C=O) groups is 1. The van der Waals surface area contributed by atoms with Crippen LogP contribution in [0, 0.1) is 0 Å². The van der Waals surface area contributed by atoms with Crippen LogP contribution in [0.15, 0.2) is 42.6 Å². The number of amides is 1. The van der Waals surface area contributed by atoms with Crippen LogP contribution in [0.3, 0.4) is 0 Å². The van der Waals surface area contributed by atoms with Crippen molar-refractivity contribution in [3.8, 4) is 0 Å². The minimum atomic E-state index is -3.69. The van der Waals surface area contributed by atoms with E-state index in [9.17, 15) is 13.2 Å². The third kappa shape index (κ3) is 9.38. The smallest absolute Gasteiger partial charge is 0.407 e. The highest BCUT2D eigenvalue weighted by Gasteiger charge is 2.23. The molecule has 12 nitrogen and oxygen atoms in total. The first-order valence-corrected chi connectivity index (χ1v) is 15.9. The summed E-state index contributed by atoms with van der Waals surface area (Å²) in [7, 11) is -1.61. The van der Waals surface area contributed by atoms with Crippen LogP contribution in [0.5, 0.6) is 0 Å². The van der Waals surface area contributed by atoms with Crippen molar-refractivity contribution in [2.45, 2.75) is 32.9 Å². The van der Waals surface area contributed by atoms with Crippen LogP contribution in [0.25, 0.3) is 10.9 Å². The molecule has 0 atom stereocenters. The van der Waals surface area contributed by atoms with Crippen molar-refractivity contribution in [1.82, 2.24) is 29.9 Å². The van der Waals surface area contributed by atoms with E-state index >= 15 is 0 Å². The summed E-state index contributed by atoms with van der Waals surface area (Å²) in [6.07, 6.45) is 1.02. The van der Waals surface area contributed by atoms with Gasteiger partial charge >= 0.3 is 6.09 Å². The van der Waals surface area contributed by atoms with Crippen molar-refractivity contribution in [3.05, 3.63) is 53.3 Å². The first kappa shape index (κ1) is 31.7. The van der Waals surface area contributed by atoms with E-state index in [-0.39, 0.29) is 25.4 Å². The van der Waals surface area contributed by atoms with E-state index in [1.165, 1.54) is 0 Å². The van der Waals surface area contributed by atoms with E-state index in [4.69, 9.17) is 26.3 Å². The normalized spacial score (nSPS) is 14.6. The van der Waals surface area contributed by atoms with Crippen LogP contribution in [0.1, 0.15) is 26.3 Å². The molecule has 2 aromatic heterocycles. The zero-order valence-corrected chi connectivity index (χ0v) is 26.1. The molecule has 0 spiro atoms. The van der Waals surface area contributed by atoms with Crippen molar-refractivity contribution < 1.29 is 17.9 Å². The van der Waals surface area contributed by atoms with Gasteiger partial charge in [-0.1, -0.05) is 41.9 Å². The summed E-state index contributed by atoms with van der Waals surface area (Å²) >= 11 is 6.29. The molecule has 42 heavy (non-hydrogen) atoms. The van der Waals surface area contributed by atoms with Crippen LogP contribution in [-0.4, -0.2) is 98.6 Å². The maximum Gasteiger partial charge on any atom is 0.407 e. The van der Waals surface area contributed by atoms with Gasteiger partial charge in [-0.15, -0.1) is 0 Å². The molecule has 3 aromatic rings. The number of sulfonamides is 1. The summed E-state index contributed by atoms with van der Waals surface area (Å²) in [5, 5.41) is 3.55. The molecule has 1 saturated heterocycles. The summed E-state index contributed by atoms with van der Waals surface area (Å²) in [6, 6.07) is 11.5. The number of benzene rings is 1. The molecule has 1 fully saturated rings. The standard InChI is InChI=1S/C28H39ClN8O4S/c1-28(2,3)41-27(38)30-10-11-32-42(39,40)17-16-37(20-21-8-6-5-7-9-21)25-22-18-24(29)31-19-23(22)33-26(34-25)36-14-12-35(4)13-15-36/h5-9,18-19,32H,10-17,20H2,1-4H3,(H,30,38). The molecule has 1 aliphatic heterocycles. The SMILES string of the molecule is CN1CCN(c2nc(N(CCS(=O)(=O)NCCNC(=O)OC(C)(C)C)Cc3ccccc3)c3cc(Cl)ncc3n2)CC1. The third-order valence-electron chi connectivity index (χ3n) is 6.56. The largest absolute Gasteiger partial charge is 0.444 e. The lowest BCUT2D eigenvalue weighted by Gasteiger charge is -2.33. The van der Waals surface area contributed by atoms with Crippen molar-refractivity contribution >= 4 is 50.4 Å². The number of fused-ring (bicyclic) bond motifs is 1. The number of nitrogens with zero attached hydrogens (tertiary/aromatic N) is 6. The molecule has 2 N–H and O–H groups in total. The predicted molar refractivity (Wildman–Crippen MR) is 166 cm³/mol. The Morgan fingerprint density at radius 1 is 1.10 bits per heavy atom. The molecule has 228 valence electrons. The summed E-state index contributed by atoms with van der Waals surface area (Å²) in [6.45, 7) is 9.30. The Labute approximate surface area is 252 Å². The van der Waals surface area contributed by atoms with Crippen molar-refractivity contribution in [3.63, 3.8) is 0 Å². The van der Waals surface area contributed by atoms with Gasteiger partial charge in [0.2, 0.25) is 16.0 Å². The van der Waals surface area contributed by atoms with E-state index in [0.29, 0.717) is 34.4 Å². The Hall–Kier alpha value is -3.26. The molecule has 0 aliphatic carbocycles. The highest BCUT2D eigenvalue weighted by atomic mass is 35.5. The number of likely N-dealkylation sites (N-methyl/N-ethyl adjacent to an activating group) is 1. The number of ether oxygens (including phenoxy) is 1. The fraction of sp³-hybridized carbons (Fsp3) is 0.500. The van der Waals surface area contributed by atoms with Gasteiger partial charge in [0.05, 0.1) is 17.5 Å². The van der Waals surface area contributed by atoms with Gasteiger partial charge in [-0.2, -0.15) is 4.98 Å². The molecule has 1 amide bonds. The van der Waals surface area contributed by atoms with Gasteiger partial charge in [0, 0.05) is 57.7 Å². The van der Waals surface area contributed by atoms with Gasteiger partial charge in [-0.05, 0) is 39.4 Å². The fourth-order valence-electron chi connectivity index (χ4n) is 4.42. The average Bonchev–Trinajstić information content (AvgIpc) is 2.93. The minimum absolute atomic E-state index is 0.0333. The van der Waals surface area contributed by atoms with E-state index < -0.39 is 21.7 Å². The number of pyridine rings is 1. The van der Waals surface area contributed by atoms with Gasteiger partial charge in [-0.25, -0.2) is 27.9 Å². The maximum atomic E-state index is 13.0. The molecule has 1 aliphatic rings. The van der Waals surface area contributed by atoms with E-state index in [1.807, 2.05) is 35.2 Å². The van der Waals surface area contributed by atoms with Crippen molar-refractivity contribution in [2.75, 3.05) is 68.4 Å². The Morgan fingerprint density at radius 2 is 1.81 bits per heavy atom. The second-order valence-electron chi connectivity index (χ2n) is 11.2. The van der Waals surface area contributed by atoms with Crippen LogP contribution < -0.4 is 19.8 Å². The number of rotatable bonds is 11. The fourth-order valence-corrected chi connectivity index (χ4v) is 5.59. The maximum absolute atomic E-state index is 13.0. The van der Waals surface area contributed by atoms with E-state index in [2.05, 4.69) is 31.9 Å². The highest BCUT2D eigenvalue weighted by Crippen LogP contribution is 2.29. The number of aromatic nitrogens is 3. The second kappa shape index (κ2) is 13.8. The zero-order valence-electron chi connectivity index (χ0n) is 24.5. The lowest BCUT2D eigenvalue weighted by Crippen LogP contribution is -2.45. The molecule has 1 aromatic carbocycles. The summed E-state index contributed by atoms with van der Waals surface area (Å²) in [4.78, 5) is 32.2. The number of hydrogen-bond donors (Lipinski definition) is 2. The number of nitrogens with one attached hydrogen (secondary N) is 2. The highest BCUT2D eigenvalue weighted by molar-refractivity contribution is 7.89.